The molecule has 0 spiro atoms. The molecule has 42 heavy (non-hydrogen) atoms. The number of nitrogens with one attached hydrogen (secondary N) is 2. The molecule has 1 aromatic heterocycles. The first-order chi connectivity index (χ1) is 20.2. The average Bonchev–Trinajstić information content (AvgIpc) is 3.56. The summed E-state index contributed by atoms with van der Waals surface area (Å²) in [5, 5.41) is 9.44. The molecule has 0 aliphatic carbocycles. The summed E-state index contributed by atoms with van der Waals surface area (Å²) in [6, 6.07) is 20.5. The zero-order valence-corrected chi connectivity index (χ0v) is 21.7. The van der Waals surface area contributed by atoms with Crippen LogP contribution in [0.1, 0.15) is 16.7 Å². The highest BCUT2D eigenvalue weighted by Gasteiger charge is 2.31. The molecule has 1 aliphatic heterocycles. The summed E-state index contributed by atoms with van der Waals surface area (Å²) in [5.74, 6) is 1.29. The number of alkyl halides is 3. The molecule has 0 radical (unpaired) electrons. The fourth-order valence-electron chi connectivity index (χ4n) is 4.45. The van der Waals surface area contributed by atoms with Crippen LogP contribution in [0.2, 0.25) is 0 Å². The van der Waals surface area contributed by atoms with E-state index in [1.165, 1.54) is 28.9 Å². The van der Waals surface area contributed by atoms with Crippen molar-refractivity contribution < 1.29 is 36.6 Å². The molecule has 214 valence electrons. The van der Waals surface area contributed by atoms with E-state index in [9.17, 15) is 22.4 Å². The predicted molar refractivity (Wildman–Crippen MR) is 146 cm³/mol. The number of amides is 2. The molecule has 0 fully saturated rings. The van der Waals surface area contributed by atoms with E-state index in [0.29, 0.717) is 29.4 Å². The topological polar surface area (TPSA) is 86.6 Å². The number of hydrogen-bond acceptors (Lipinski definition) is 5. The van der Waals surface area contributed by atoms with Gasteiger partial charge in [0.25, 0.3) is 0 Å². The van der Waals surface area contributed by atoms with E-state index in [0.717, 1.165) is 29.3 Å². The van der Waals surface area contributed by atoms with Gasteiger partial charge in [0, 0.05) is 17.1 Å². The molecule has 0 atom stereocenters. The molecule has 8 nitrogen and oxygen atoms in total. The number of halogens is 4. The van der Waals surface area contributed by atoms with Crippen molar-refractivity contribution in [3.63, 3.8) is 0 Å². The maximum Gasteiger partial charge on any atom is 0.416 e. The summed E-state index contributed by atoms with van der Waals surface area (Å²) in [7, 11) is 0. The minimum absolute atomic E-state index is 0.0706. The van der Waals surface area contributed by atoms with Crippen LogP contribution in [0.3, 0.4) is 0 Å². The van der Waals surface area contributed by atoms with Crippen molar-refractivity contribution in [3.05, 3.63) is 107 Å². The molecule has 2 heterocycles. The Kier molecular flexibility index (Phi) is 7.03. The number of benzene rings is 4. The second-order valence-corrected chi connectivity index (χ2v) is 9.45. The molecular formula is C30H22F4N4O4. The van der Waals surface area contributed by atoms with Gasteiger partial charge in [-0.15, -0.1) is 0 Å². The molecule has 0 bridgehead atoms. The number of aromatic nitrogens is 2. The Bertz CT molecular complexity index is 1770. The second-order valence-electron chi connectivity index (χ2n) is 9.45. The van der Waals surface area contributed by atoms with Crippen LogP contribution < -0.4 is 24.8 Å². The van der Waals surface area contributed by atoms with Crippen LogP contribution in [0.15, 0.2) is 84.9 Å². The Hall–Kier alpha value is -5.26. The standard InChI is InChI=1S/C30H22F4N4O4/c31-21-2-1-3-22(13-21)35-29(39)36-28-24-12-20(30(32,33)34)8-10-25(24)38(37-28)15-18-4-6-19(7-5-18)16-40-23-9-11-26-27(14-23)42-17-41-26/h1-14H,15-17H2,(H2,35,36,37,39). The van der Waals surface area contributed by atoms with Gasteiger partial charge in [0.2, 0.25) is 6.79 Å². The first kappa shape index (κ1) is 26.9. The average molecular weight is 579 g/mol. The summed E-state index contributed by atoms with van der Waals surface area (Å²) < 4.78 is 71.9. The summed E-state index contributed by atoms with van der Waals surface area (Å²) in [6.45, 7) is 0.701. The number of ether oxygens (including phenoxy) is 3. The van der Waals surface area contributed by atoms with E-state index in [-0.39, 0.29) is 30.2 Å². The largest absolute Gasteiger partial charge is 0.489 e. The monoisotopic (exact) mass is 578 g/mol. The minimum Gasteiger partial charge on any atom is -0.489 e. The molecule has 0 saturated heterocycles. The molecule has 12 heteroatoms. The van der Waals surface area contributed by atoms with Gasteiger partial charge in [-0.25, -0.2) is 9.18 Å². The molecule has 5 aromatic rings. The highest BCUT2D eigenvalue weighted by molar-refractivity contribution is 6.04. The van der Waals surface area contributed by atoms with Gasteiger partial charge < -0.3 is 19.5 Å². The van der Waals surface area contributed by atoms with Crippen molar-refractivity contribution in [2.24, 2.45) is 0 Å². The van der Waals surface area contributed by atoms with E-state index >= 15 is 0 Å². The van der Waals surface area contributed by atoms with Crippen molar-refractivity contribution >= 4 is 28.4 Å². The molecular weight excluding hydrogens is 556 g/mol. The van der Waals surface area contributed by atoms with Crippen LogP contribution in [0.25, 0.3) is 10.9 Å². The number of rotatable bonds is 7. The van der Waals surface area contributed by atoms with Gasteiger partial charge in [0.1, 0.15) is 18.2 Å². The third-order valence-corrected chi connectivity index (χ3v) is 6.50. The summed E-state index contributed by atoms with van der Waals surface area (Å²) in [4.78, 5) is 12.6. The molecule has 6 rings (SSSR count). The van der Waals surface area contributed by atoms with Gasteiger partial charge >= 0.3 is 12.2 Å². The lowest BCUT2D eigenvalue weighted by molar-refractivity contribution is -0.137. The van der Waals surface area contributed by atoms with E-state index in [1.54, 1.807) is 18.2 Å². The van der Waals surface area contributed by atoms with Gasteiger partial charge in [-0.2, -0.15) is 18.3 Å². The first-order valence-electron chi connectivity index (χ1n) is 12.7. The second kappa shape index (κ2) is 11.0. The van der Waals surface area contributed by atoms with Crippen LogP contribution in [-0.2, 0) is 19.3 Å². The fourth-order valence-corrected chi connectivity index (χ4v) is 4.45. The normalized spacial score (nSPS) is 12.4. The van der Waals surface area contributed by atoms with Gasteiger partial charge in [-0.1, -0.05) is 30.3 Å². The number of urea groups is 1. The number of hydrogen-bond donors (Lipinski definition) is 2. The molecule has 2 N–H and O–H groups in total. The Morgan fingerprint density at radius 2 is 1.69 bits per heavy atom. The van der Waals surface area contributed by atoms with Gasteiger partial charge in [0.05, 0.1) is 17.6 Å². The van der Waals surface area contributed by atoms with Gasteiger partial charge in [-0.3, -0.25) is 10.00 Å². The number of anilines is 2. The maximum atomic E-state index is 13.5. The van der Waals surface area contributed by atoms with Crippen LogP contribution in [-0.4, -0.2) is 22.6 Å². The van der Waals surface area contributed by atoms with E-state index in [1.807, 2.05) is 24.3 Å². The Morgan fingerprint density at radius 3 is 2.48 bits per heavy atom. The van der Waals surface area contributed by atoms with Crippen molar-refractivity contribution in [3.8, 4) is 17.2 Å². The smallest absolute Gasteiger partial charge is 0.416 e. The summed E-state index contributed by atoms with van der Waals surface area (Å²) in [5.41, 5.74) is 1.40. The number of carbonyl (C=O) groups excluding carboxylic acids is 1. The van der Waals surface area contributed by atoms with Crippen LogP contribution in [0, 0.1) is 5.82 Å². The van der Waals surface area contributed by atoms with Gasteiger partial charge in [0.15, 0.2) is 17.3 Å². The highest BCUT2D eigenvalue weighted by Crippen LogP contribution is 2.36. The van der Waals surface area contributed by atoms with Gasteiger partial charge in [-0.05, 0) is 59.7 Å². The molecule has 1 aliphatic rings. The summed E-state index contributed by atoms with van der Waals surface area (Å²) in [6.07, 6.45) is -4.59. The SMILES string of the molecule is O=C(Nc1cccc(F)c1)Nc1nn(Cc2ccc(COc3ccc4c(c3)OCO4)cc2)c2ccc(C(F)(F)F)cc12. The molecule has 0 saturated carbocycles. The number of fused-ring (bicyclic) bond motifs is 2. The number of carbonyl (C=O) groups is 1. The van der Waals surface area contributed by atoms with E-state index in [4.69, 9.17) is 14.2 Å². The Labute approximate surface area is 236 Å². The third-order valence-electron chi connectivity index (χ3n) is 6.50. The van der Waals surface area contributed by atoms with Crippen molar-refractivity contribution in [1.29, 1.82) is 0 Å². The van der Waals surface area contributed by atoms with E-state index < -0.39 is 23.6 Å². The third kappa shape index (κ3) is 5.92. The van der Waals surface area contributed by atoms with Crippen molar-refractivity contribution in [2.75, 3.05) is 17.4 Å². The Morgan fingerprint density at radius 1 is 0.905 bits per heavy atom. The molecule has 0 unspecified atom stereocenters. The zero-order valence-electron chi connectivity index (χ0n) is 21.7. The van der Waals surface area contributed by atoms with Crippen LogP contribution in [0.4, 0.5) is 33.9 Å². The predicted octanol–water partition coefficient (Wildman–Crippen LogP) is 7.19. The first-order valence-corrected chi connectivity index (χ1v) is 12.7. The lowest BCUT2D eigenvalue weighted by atomic mass is 10.1. The lowest BCUT2D eigenvalue weighted by Gasteiger charge is -2.09. The van der Waals surface area contributed by atoms with Crippen LogP contribution >= 0.6 is 0 Å². The minimum atomic E-state index is -4.59. The molecule has 4 aromatic carbocycles. The Balaban J connectivity index is 1.19. The van der Waals surface area contributed by atoms with Crippen molar-refractivity contribution in [2.45, 2.75) is 19.3 Å². The number of nitrogens with zero attached hydrogens (tertiary/aromatic N) is 2. The molecule has 2 amide bonds. The highest BCUT2D eigenvalue weighted by atomic mass is 19.4. The summed E-state index contributed by atoms with van der Waals surface area (Å²) >= 11 is 0. The quantitative estimate of drug-likeness (QED) is 0.200. The van der Waals surface area contributed by atoms with Crippen molar-refractivity contribution in [1.82, 2.24) is 9.78 Å². The lowest BCUT2D eigenvalue weighted by Crippen LogP contribution is -2.20. The van der Waals surface area contributed by atoms with E-state index in [2.05, 4.69) is 15.7 Å². The fraction of sp³-hybridized carbons (Fsp3) is 0.133. The van der Waals surface area contributed by atoms with Crippen LogP contribution in [0.5, 0.6) is 17.2 Å². The maximum absolute atomic E-state index is 13.5. The zero-order chi connectivity index (χ0) is 29.3.